The highest BCUT2D eigenvalue weighted by Gasteiger charge is 2.12. The first kappa shape index (κ1) is 25.8. The molecule has 8 aromatic rings. The van der Waals surface area contributed by atoms with Crippen molar-refractivity contribution in [2.75, 3.05) is 0 Å². The van der Waals surface area contributed by atoms with Gasteiger partial charge in [0.15, 0.2) is 22.5 Å². The van der Waals surface area contributed by atoms with Crippen LogP contribution in [-0.2, 0) is 0 Å². The Bertz CT molecular complexity index is 2130. The molecule has 0 aliphatic rings. The van der Waals surface area contributed by atoms with Crippen LogP contribution in [0.2, 0.25) is 0 Å². The largest absolute Gasteiger partial charge is 0.434 e. The van der Waals surface area contributed by atoms with E-state index >= 15 is 0 Å². The van der Waals surface area contributed by atoms with E-state index in [4.69, 9.17) is 8.83 Å². The number of pyridine rings is 2. The second-order valence-corrected chi connectivity index (χ2v) is 10.9. The van der Waals surface area contributed by atoms with Crippen LogP contribution in [0.3, 0.4) is 0 Å². The maximum atomic E-state index is 5.98. The smallest absolute Gasteiger partial charge is 0.228 e. The molecule has 0 atom stereocenters. The van der Waals surface area contributed by atoms with Gasteiger partial charge in [0.2, 0.25) is 11.8 Å². The van der Waals surface area contributed by atoms with Gasteiger partial charge in [-0.3, -0.25) is 0 Å². The van der Waals surface area contributed by atoms with Gasteiger partial charge in [0.1, 0.15) is 0 Å². The summed E-state index contributed by atoms with van der Waals surface area (Å²) < 4.78 is 12.0. The lowest BCUT2D eigenvalue weighted by atomic mass is 9.97. The van der Waals surface area contributed by atoms with Crippen LogP contribution in [-0.4, -0.2) is 19.9 Å². The summed E-state index contributed by atoms with van der Waals surface area (Å²) in [6.45, 7) is 3.90. The Hall–Kier alpha value is -5.88. The molecule has 6 nitrogen and oxygen atoms in total. The first-order valence-corrected chi connectivity index (χ1v) is 14.5. The van der Waals surface area contributed by atoms with Crippen molar-refractivity contribution in [3.63, 3.8) is 0 Å². The Labute approximate surface area is 253 Å². The fourth-order valence-electron chi connectivity index (χ4n) is 5.45. The minimum absolute atomic E-state index is 0.572. The predicted octanol–water partition coefficient (Wildman–Crippen LogP) is 9.71. The van der Waals surface area contributed by atoms with Crippen molar-refractivity contribution in [1.82, 2.24) is 19.9 Å². The van der Waals surface area contributed by atoms with Crippen LogP contribution in [0.25, 0.3) is 78.7 Å². The van der Waals surface area contributed by atoms with E-state index in [1.165, 1.54) is 0 Å². The van der Waals surface area contributed by atoms with Gasteiger partial charge in [0.05, 0.1) is 0 Å². The maximum Gasteiger partial charge on any atom is 0.228 e. The summed E-state index contributed by atoms with van der Waals surface area (Å²) in [7, 11) is 0. The summed E-state index contributed by atoms with van der Waals surface area (Å²) in [6.07, 6.45) is 0. The van der Waals surface area contributed by atoms with Gasteiger partial charge < -0.3 is 8.83 Å². The first-order chi connectivity index (χ1) is 21.6. The average molecular weight is 571 g/mol. The molecule has 4 aromatic heterocycles. The van der Waals surface area contributed by atoms with Crippen molar-refractivity contribution in [1.29, 1.82) is 0 Å². The molecule has 0 aliphatic carbocycles. The summed E-state index contributed by atoms with van der Waals surface area (Å²) in [5, 5.41) is 0. The van der Waals surface area contributed by atoms with Crippen molar-refractivity contribution < 1.29 is 8.83 Å². The molecule has 6 heteroatoms. The van der Waals surface area contributed by atoms with Gasteiger partial charge >= 0.3 is 0 Å². The van der Waals surface area contributed by atoms with Crippen LogP contribution in [0.15, 0.2) is 130 Å². The minimum Gasteiger partial charge on any atom is -0.434 e. The Morgan fingerprint density at radius 1 is 0.364 bits per heavy atom. The number of benzene rings is 4. The van der Waals surface area contributed by atoms with E-state index in [0.29, 0.717) is 34.2 Å². The first-order valence-electron chi connectivity index (χ1n) is 14.5. The number of aryl methyl sites for hydroxylation is 2. The minimum atomic E-state index is 0.572. The van der Waals surface area contributed by atoms with Gasteiger partial charge in [0.25, 0.3) is 0 Å². The predicted molar refractivity (Wildman–Crippen MR) is 174 cm³/mol. The third kappa shape index (κ3) is 4.82. The average Bonchev–Trinajstić information content (AvgIpc) is 3.69. The lowest BCUT2D eigenvalue weighted by Crippen LogP contribution is -1.84. The summed E-state index contributed by atoms with van der Waals surface area (Å²) >= 11 is 0. The van der Waals surface area contributed by atoms with E-state index in [2.05, 4.69) is 92.7 Å². The molecule has 0 unspecified atom stereocenters. The Morgan fingerprint density at radius 3 is 1.14 bits per heavy atom. The molecule has 44 heavy (non-hydrogen) atoms. The summed E-state index contributed by atoms with van der Waals surface area (Å²) in [4.78, 5) is 18.2. The molecule has 210 valence electrons. The summed E-state index contributed by atoms with van der Waals surface area (Å²) in [6, 6.07) is 41.4. The number of hydrogen-bond donors (Lipinski definition) is 0. The number of fused-ring (bicyclic) bond motifs is 2. The van der Waals surface area contributed by atoms with E-state index in [0.717, 1.165) is 55.9 Å². The van der Waals surface area contributed by atoms with E-state index in [9.17, 15) is 0 Å². The van der Waals surface area contributed by atoms with Gasteiger partial charge in [-0.1, -0.05) is 72.8 Å². The monoisotopic (exact) mass is 570 g/mol. The van der Waals surface area contributed by atoms with Crippen LogP contribution in [0, 0.1) is 13.8 Å². The van der Waals surface area contributed by atoms with E-state index in [1.54, 1.807) is 0 Å². The topological polar surface area (TPSA) is 77.8 Å². The molecule has 0 spiro atoms. The molecule has 0 saturated heterocycles. The molecular weight excluding hydrogens is 544 g/mol. The molecule has 0 N–H and O–H groups in total. The lowest BCUT2D eigenvalue weighted by molar-refractivity contribution is 0.619. The Kier molecular flexibility index (Phi) is 6.12. The lowest BCUT2D eigenvalue weighted by Gasteiger charge is -2.08. The standard InChI is InChI=1S/C38H26N4O2/c1-23-9-19-33-35(39-23)41-37(43-33)31-7-3-5-29(21-31)27-15-11-25(12-16-27)26-13-17-28(18-14-26)30-6-4-8-32(22-30)38-42-36-34(44-38)20-10-24(2)40-36/h3-22H,1-2H3. The van der Waals surface area contributed by atoms with E-state index in [-0.39, 0.29) is 0 Å². The molecule has 0 saturated carbocycles. The molecule has 0 fully saturated rings. The molecule has 0 aliphatic heterocycles. The molecule has 8 rings (SSSR count). The van der Waals surface area contributed by atoms with Crippen molar-refractivity contribution in [2.24, 2.45) is 0 Å². The van der Waals surface area contributed by atoms with Gasteiger partial charge in [-0.25, -0.2) is 9.97 Å². The van der Waals surface area contributed by atoms with E-state index in [1.807, 2.05) is 62.4 Å². The van der Waals surface area contributed by atoms with Gasteiger partial charge in [-0.05, 0) is 95.8 Å². The highest BCUT2D eigenvalue weighted by atomic mass is 16.4. The van der Waals surface area contributed by atoms with Gasteiger partial charge in [-0.15, -0.1) is 0 Å². The molecule has 0 bridgehead atoms. The van der Waals surface area contributed by atoms with Crippen molar-refractivity contribution in [2.45, 2.75) is 13.8 Å². The van der Waals surface area contributed by atoms with Crippen molar-refractivity contribution in [3.8, 4) is 56.3 Å². The normalized spacial score (nSPS) is 11.4. The van der Waals surface area contributed by atoms with Crippen LogP contribution >= 0.6 is 0 Å². The zero-order chi connectivity index (χ0) is 29.6. The second-order valence-electron chi connectivity index (χ2n) is 10.9. The summed E-state index contributed by atoms with van der Waals surface area (Å²) in [5.74, 6) is 1.14. The fourth-order valence-corrected chi connectivity index (χ4v) is 5.45. The van der Waals surface area contributed by atoms with Crippen molar-refractivity contribution >= 4 is 22.5 Å². The fraction of sp³-hybridized carbons (Fsp3) is 0.0526. The zero-order valence-corrected chi connectivity index (χ0v) is 24.2. The van der Waals surface area contributed by atoms with Crippen molar-refractivity contribution in [3.05, 3.63) is 133 Å². The second kappa shape index (κ2) is 10.4. The molecule has 4 heterocycles. The number of nitrogens with zero attached hydrogens (tertiary/aromatic N) is 4. The highest BCUT2D eigenvalue weighted by Crippen LogP contribution is 2.32. The number of rotatable bonds is 5. The third-order valence-electron chi connectivity index (χ3n) is 7.77. The molecular formula is C38H26N4O2. The zero-order valence-electron chi connectivity index (χ0n) is 24.2. The quantitative estimate of drug-likeness (QED) is 0.205. The van der Waals surface area contributed by atoms with Crippen LogP contribution in [0.5, 0.6) is 0 Å². The van der Waals surface area contributed by atoms with Gasteiger partial charge in [0, 0.05) is 22.5 Å². The molecule has 0 radical (unpaired) electrons. The molecule has 4 aromatic carbocycles. The molecule has 0 amide bonds. The maximum absolute atomic E-state index is 5.98. The number of hydrogen-bond acceptors (Lipinski definition) is 6. The van der Waals surface area contributed by atoms with E-state index < -0.39 is 0 Å². The Balaban J connectivity index is 1.02. The number of aromatic nitrogens is 4. The SMILES string of the molecule is Cc1ccc2oc(-c3cccc(-c4ccc(-c5ccc(-c6cccc(-c7nc8nc(C)ccc8o7)c6)cc5)cc4)c3)nc2n1. The van der Waals surface area contributed by atoms with Gasteiger partial charge in [-0.2, -0.15) is 9.97 Å². The Morgan fingerprint density at radius 2 is 0.727 bits per heavy atom. The third-order valence-corrected chi connectivity index (χ3v) is 7.77. The highest BCUT2D eigenvalue weighted by molar-refractivity contribution is 5.78. The van der Waals surface area contributed by atoms with Crippen LogP contribution < -0.4 is 0 Å². The summed E-state index contributed by atoms with van der Waals surface area (Å²) in [5.41, 5.74) is 13.1. The van der Waals surface area contributed by atoms with Crippen LogP contribution in [0.1, 0.15) is 11.4 Å². The van der Waals surface area contributed by atoms with Crippen LogP contribution in [0.4, 0.5) is 0 Å². The number of oxazole rings is 2.